The van der Waals surface area contributed by atoms with E-state index in [0.29, 0.717) is 31.6 Å². The first kappa shape index (κ1) is 23.0. The van der Waals surface area contributed by atoms with Crippen LogP contribution in [0, 0.1) is 5.92 Å². The van der Waals surface area contributed by atoms with Crippen molar-refractivity contribution in [3.63, 3.8) is 0 Å². The second-order valence-electron chi connectivity index (χ2n) is 8.91. The molecule has 2 unspecified atom stereocenters. The largest absolute Gasteiger partial charge is 0.396 e. The highest BCUT2D eigenvalue weighted by atomic mass is 32.2. The van der Waals surface area contributed by atoms with Crippen LogP contribution in [0.25, 0.3) is 0 Å². The van der Waals surface area contributed by atoms with E-state index >= 15 is 0 Å². The molecule has 2 aliphatic rings. The topological polar surface area (TPSA) is 77.9 Å². The molecule has 0 saturated carbocycles. The molecular formula is C25H32N2O4S. The van der Waals surface area contributed by atoms with E-state index in [-0.39, 0.29) is 24.5 Å². The molecule has 2 atom stereocenters. The minimum absolute atomic E-state index is 0.00433. The Morgan fingerprint density at radius 2 is 1.66 bits per heavy atom. The van der Waals surface area contributed by atoms with Gasteiger partial charge in [0.2, 0.25) is 10.0 Å². The summed E-state index contributed by atoms with van der Waals surface area (Å²) in [6.07, 6.45) is 3.11. The Morgan fingerprint density at radius 1 is 1.00 bits per heavy atom. The molecule has 0 aromatic heterocycles. The fourth-order valence-electron chi connectivity index (χ4n) is 4.86. The predicted molar refractivity (Wildman–Crippen MR) is 125 cm³/mol. The molecule has 32 heavy (non-hydrogen) atoms. The van der Waals surface area contributed by atoms with Crippen LogP contribution in [-0.4, -0.2) is 54.9 Å². The van der Waals surface area contributed by atoms with Crippen molar-refractivity contribution in [2.45, 2.75) is 43.9 Å². The van der Waals surface area contributed by atoms with Crippen molar-refractivity contribution in [3.05, 3.63) is 71.3 Å². The normalized spacial score (nSPS) is 23.1. The molecule has 2 aliphatic heterocycles. The maximum Gasteiger partial charge on any atom is 0.253 e. The lowest BCUT2D eigenvalue weighted by Crippen LogP contribution is -2.41. The number of piperidine rings is 1. The summed E-state index contributed by atoms with van der Waals surface area (Å²) in [4.78, 5) is 14.7. The summed E-state index contributed by atoms with van der Waals surface area (Å²) in [5.41, 5.74) is 2.35. The summed E-state index contributed by atoms with van der Waals surface area (Å²) >= 11 is 0. The minimum atomic E-state index is -3.48. The number of hydrogen-bond acceptors (Lipinski definition) is 4. The number of aliphatic hydroxyl groups excluding tert-OH is 1. The molecule has 0 bridgehead atoms. The van der Waals surface area contributed by atoms with Gasteiger partial charge in [-0.1, -0.05) is 42.5 Å². The number of benzene rings is 2. The van der Waals surface area contributed by atoms with Crippen LogP contribution in [0.4, 0.5) is 0 Å². The van der Waals surface area contributed by atoms with Crippen molar-refractivity contribution in [3.8, 4) is 0 Å². The van der Waals surface area contributed by atoms with Crippen molar-refractivity contribution < 1.29 is 18.3 Å². The van der Waals surface area contributed by atoms with Crippen molar-refractivity contribution in [1.29, 1.82) is 0 Å². The van der Waals surface area contributed by atoms with Crippen LogP contribution in [0.1, 0.15) is 65.4 Å². The third-order valence-corrected chi connectivity index (χ3v) is 9.31. The van der Waals surface area contributed by atoms with Gasteiger partial charge in [0.1, 0.15) is 5.25 Å². The number of rotatable bonds is 5. The minimum Gasteiger partial charge on any atom is -0.396 e. The summed E-state index contributed by atoms with van der Waals surface area (Å²) < 4.78 is 28.4. The Kier molecular flexibility index (Phi) is 6.98. The van der Waals surface area contributed by atoms with Crippen LogP contribution >= 0.6 is 0 Å². The Labute approximate surface area is 190 Å². The van der Waals surface area contributed by atoms with Gasteiger partial charge in [-0.05, 0) is 61.8 Å². The van der Waals surface area contributed by atoms with E-state index in [1.54, 1.807) is 16.4 Å². The maximum absolute atomic E-state index is 13.4. The molecule has 0 aliphatic carbocycles. The van der Waals surface area contributed by atoms with Crippen LogP contribution in [0.5, 0.6) is 0 Å². The molecule has 0 radical (unpaired) electrons. The second-order valence-corrected chi connectivity index (χ2v) is 11.0. The van der Waals surface area contributed by atoms with Crippen molar-refractivity contribution in [2.75, 3.05) is 26.2 Å². The van der Waals surface area contributed by atoms with Gasteiger partial charge < -0.3 is 10.0 Å². The summed E-state index contributed by atoms with van der Waals surface area (Å²) in [6.45, 7) is 3.93. The Morgan fingerprint density at radius 3 is 2.28 bits per heavy atom. The first-order valence-corrected chi connectivity index (χ1v) is 13.0. The molecular weight excluding hydrogens is 424 g/mol. The summed E-state index contributed by atoms with van der Waals surface area (Å²) in [6, 6.07) is 16.5. The number of carbonyl (C=O) groups is 1. The van der Waals surface area contributed by atoms with Crippen LogP contribution in [0.15, 0.2) is 54.6 Å². The molecule has 1 N–H and O–H groups in total. The van der Waals surface area contributed by atoms with Gasteiger partial charge in [0.25, 0.3) is 5.91 Å². The third-order valence-electron chi connectivity index (χ3n) is 6.93. The van der Waals surface area contributed by atoms with E-state index in [1.165, 1.54) is 0 Å². The smallest absolute Gasteiger partial charge is 0.253 e. The van der Waals surface area contributed by atoms with Gasteiger partial charge in [-0.2, -0.15) is 4.31 Å². The number of nitrogens with zero attached hydrogens (tertiary/aromatic N) is 2. The van der Waals surface area contributed by atoms with Gasteiger partial charge in [-0.3, -0.25) is 4.79 Å². The summed E-state index contributed by atoms with van der Waals surface area (Å²) in [5, 5.41) is 8.78. The first-order valence-electron chi connectivity index (χ1n) is 11.5. The molecule has 2 aromatic rings. The van der Waals surface area contributed by atoms with Crippen LogP contribution < -0.4 is 0 Å². The average molecular weight is 457 g/mol. The molecule has 6 nitrogen and oxygen atoms in total. The quantitative estimate of drug-likeness (QED) is 0.743. The highest BCUT2D eigenvalue weighted by Gasteiger charge is 2.39. The highest BCUT2D eigenvalue weighted by molar-refractivity contribution is 7.89. The lowest BCUT2D eigenvalue weighted by molar-refractivity contribution is 0.0651. The van der Waals surface area contributed by atoms with Gasteiger partial charge >= 0.3 is 0 Å². The van der Waals surface area contributed by atoms with E-state index in [4.69, 9.17) is 0 Å². The Balaban J connectivity index is 1.47. The summed E-state index contributed by atoms with van der Waals surface area (Å²) in [7, 11) is -3.48. The monoisotopic (exact) mass is 456 g/mol. The van der Waals surface area contributed by atoms with E-state index in [2.05, 4.69) is 0 Å². The zero-order valence-corrected chi connectivity index (χ0v) is 19.4. The number of likely N-dealkylation sites (tertiary alicyclic amines) is 1. The summed E-state index contributed by atoms with van der Waals surface area (Å²) in [5.74, 6) is 0.281. The standard InChI is InChI=1S/C25H32N2O4S/c1-19(27-15-5-8-24(32(27,30)31)22-6-3-2-4-7-22)21-9-11-23(12-10-21)25(29)26-16-13-20(18-28)14-17-26/h2-4,6-7,9-12,19-20,24,28H,5,8,13-18H2,1H3. The molecule has 2 fully saturated rings. The van der Waals surface area contributed by atoms with E-state index in [9.17, 15) is 18.3 Å². The number of carbonyl (C=O) groups excluding carboxylic acids is 1. The first-order chi connectivity index (χ1) is 15.4. The molecule has 172 valence electrons. The highest BCUT2D eigenvalue weighted by Crippen LogP contribution is 2.38. The molecule has 1 amide bonds. The lowest BCUT2D eigenvalue weighted by Gasteiger charge is -2.36. The van der Waals surface area contributed by atoms with Crippen molar-refractivity contribution in [2.24, 2.45) is 5.92 Å². The van der Waals surface area contributed by atoms with Crippen LogP contribution in [-0.2, 0) is 10.0 Å². The zero-order valence-electron chi connectivity index (χ0n) is 18.6. The number of hydrogen-bond donors (Lipinski definition) is 1. The van der Waals surface area contributed by atoms with E-state index in [0.717, 1.165) is 30.4 Å². The molecule has 2 saturated heterocycles. The molecule has 7 heteroatoms. The zero-order chi connectivity index (χ0) is 22.7. The Bertz CT molecular complexity index is 1020. The molecule has 0 spiro atoms. The number of aliphatic hydroxyl groups is 1. The fourth-order valence-corrected chi connectivity index (χ4v) is 7.10. The van der Waals surface area contributed by atoms with Gasteiger partial charge in [0.15, 0.2) is 0 Å². The number of sulfonamides is 1. The van der Waals surface area contributed by atoms with Gasteiger partial charge in [-0.25, -0.2) is 8.42 Å². The molecule has 4 rings (SSSR count). The average Bonchev–Trinajstić information content (AvgIpc) is 2.83. The number of amides is 1. The van der Waals surface area contributed by atoms with Crippen molar-refractivity contribution >= 4 is 15.9 Å². The van der Waals surface area contributed by atoms with Crippen LogP contribution in [0.2, 0.25) is 0 Å². The van der Waals surface area contributed by atoms with Crippen molar-refractivity contribution in [1.82, 2.24) is 9.21 Å². The predicted octanol–water partition coefficient (Wildman–Crippen LogP) is 3.76. The molecule has 2 heterocycles. The fraction of sp³-hybridized carbons (Fsp3) is 0.480. The second kappa shape index (κ2) is 9.73. The SMILES string of the molecule is CC(c1ccc(C(=O)N2CCC(CO)CC2)cc1)N1CCCC(c2ccccc2)S1(=O)=O. The van der Waals surface area contributed by atoms with E-state index < -0.39 is 15.3 Å². The lowest BCUT2D eigenvalue weighted by atomic mass is 9.97. The Hall–Kier alpha value is -2.22. The van der Waals surface area contributed by atoms with Gasteiger partial charge in [-0.15, -0.1) is 0 Å². The van der Waals surface area contributed by atoms with Gasteiger partial charge in [0.05, 0.1) is 0 Å². The van der Waals surface area contributed by atoms with Crippen LogP contribution in [0.3, 0.4) is 0 Å². The molecule has 2 aromatic carbocycles. The van der Waals surface area contributed by atoms with E-state index in [1.807, 2.05) is 54.3 Å². The third kappa shape index (κ3) is 4.60. The maximum atomic E-state index is 13.4. The van der Waals surface area contributed by atoms with Gasteiger partial charge in [0, 0.05) is 37.8 Å².